The van der Waals surface area contributed by atoms with E-state index in [2.05, 4.69) is 94.4 Å². The van der Waals surface area contributed by atoms with Crippen LogP contribution in [0.3, 0.4) is 0 Å². The molecule has 36 heavy (non-hydrogen) atoms. The molecule has 2 heterocycles. The first-order valence-corrected chi connectivity index (χ1v) is 12.5. The van der Waals surface area contributed by atoms with Gasteiger partial charge in [0.05, 0.1) is 5.69 Å². The summed E-state index contributed by atoms with van der Waals surface area (Å²) in [6.45, 7) is 2.68. The van der Waals surface area contributed by atoms with Gasteiger partial charge in [-0.25, -0.2) is 4.98 Å². The van der Waals surface area contributed by atoms with Crippen LogP contribution in [0.4, 0.5) is 0 Å². The SMILES string of the molecule is Cc1ccn2c(C(CC(=O)NCCC(c3ccccc3)c3ccccc3)c3ccccc3)cnc2c1. The molecule has 0 aliphatic heterocycles. The number of aryl methyl sites for hydroxylation is 1. The summed E-state index contributed by atoms with van der Waals surface area (Å²) < 4.78 is 2.10. The molecule has 1 amide bonds. The lowest BCUT2D eigenvalue weighted by atomic mass is 9.88. The molecule has 0 fully saturated rings. The average Bonchev–Trinajstić information content (AvgIpc) is 3.34. The van der Waals surface area contributed by atoms with E-state index in [1.807, 2.05) is 42.7 Å². The highest BCUT2D eigenvalue weighted by Gasteiger charge is 2.22. The third-order valence-electron chi connectivity index (χ3n) is 6.80. The number of imidazole rings is 1. The number of hydrogen-bond donors (Lipinski definition) is 1. The van der Waals surface area contributed by atoms with E-state index in [4.69, 9.17) is 0 Å². The molecule has 1 N–H and O–H groups in total. The summed E-state index contributed by atoms with van der Waals surface area (Å²) in [5.41, 5.74) is 6.74. The molecule has 4 heteroatoms. The smallest absolute Gasteiger partial charge is 0.221 e. The number of carbonyl (C=O) groups excluding carboxylic acids is 1. The Morgan fingerprint density at radius 3 is 1.94 bits per heavy atom. The molecule has 4 nitrogen and oxygen atoms in total. The van der Waals surface area contributed by atoms with Gasteiger partial charge < -0.3 is 9.72 Å². The predicted octanol–water partition coefficient (Wildman–Crippen LogP) is 6.50. The summed E-state index contributed by atoms with van der Waals surface area (Å²) in [6.07, 6.45) is 5.16. The molecule has 1 unspecified atom stereocenters. The number of fused-ring (bicyclic) bond motifs is 1. The van der Waals surface area contributed by atoms with Crippen LogP contribution in [0.1, 0.15) is 52.6 Å². The van der Waals surface area contributed by atoms with Gasteiger partial charge in [-0.1, -0.05) is 91.0 Å². The maximum atomic E-state index is 13.2. The summed E-state index contributed by atoms with van der Waals surface area (Å²) in [5.74, 6) is 0.202. The summed E-state index contributed by atoms with van der Waals surface area (Å²) in [6, 6.07) is 35.4. The van der Waals surface area contributed by atoms with E-state index >= 15 is 0 Å². The van der Waals surface area contributed by atoms with Crippen molar-refractivity contribution in [1.29, 1.82) is 0 Å². The fourth-order valence-corrected chi connectivity index (χ4v) is 4.95. The zero-order chi connectivity index (χ0) is 24.7. The van der Waals surface area contributed by atoms with Crippen molar-refractivity contribution in [2.24, 2.45) is 0 Å². The number of amides is 1. The quantitative estimate of drug-likeness (QED) is 0.265. The molecular weight excluding hydrogens is 442 g/mol. The highest BCUT2D eigenvalue weighted by atomic mass is 16.1. The second kappa shape index (κ2) is 11.0. The molecule has 0 spiro atoms. The van der Waals surface area contributed by atoms with E-state index in [0.29, 0.717) is 13.0 Å². The highest BCUT2D eigenvalue weighted by Crippen LogP contribution is 2.30. The van der Waals surface area contributed by atoms with Crippen molar-refractivity contribution in [2.75, 3.05) is 6.54 Å². The average molecular weight is 474 g/mol. The van der Waals surface area contributed by atoms with Crippen molar-refractivity contribution in [3.05, 3.63) is 143 Å². The summed E-state index contributed by atoms with van der Waals surface area (Å²) in [5, 5.41) is 3.20. The number of rotatable bonds is 9. The number of hydrogen-bond acceptors (Lipinski definition) is 2. The molecule has 0 aliphatic rings. The molecule has 0 saturated carbocycles. The first-order chi connectivity index (χ1) is 17.7. The minimum Gasteiger partial charge on any atom is -0.356 e. The van der Waals surface area contributed by atoms with Gasteiger partial charge in [0, 0.05) is 37.2 Å². The van der Waals surface area contributed by atoms with Crippen LogP contribution in [-0.2, 0) is 4.79 Å². The third kappa shape index (κ3) is 5.38. The normalized spacial score (nSPS) is 12.1. The summed E-state index contributed by atoms with van der Waals surface area (Å²) >= 11 is 0. The maximum absolute atomic E-state index is 13.2. The molecular formula is C32H31N3O. The Bertz CT molecular complexity index is 1370. The lowest BCUT2D eigenvalue weighted by Crippen LogP contribution is -2.27. The molecule has 180 valence electrons. The van der Waals surface area contributed by atoms with Crippen LogP contribution >= 0.6 is 0 Å². The minimum atomic E-state index is -0.0806. The number of aromatic nitrogens is 2. The number of pyridine rings is 1. The van der Waals surface area contributed by atoms with Gasteiger partial charge in [0.25, 0.3) is 0 Å². The molecule has 5 aromatic rings. The molecule has 0 bridgehead atoms. The van der Waals surface area contributed by atoms with Gasteiger partial charge in [0.1, 0.15) is 5.65 Å². The van der Waals surface area contributed by atoms with Gasteiger partial charge in [0.15, 0.2) is 0 Å². The van der Waals surface area contributed by atoms with Crippen LogP contribution in [0.15, 0.2) is 116 Å². The fraction of sp³-hybridized carbons (Fsp3) is 0.188. The fourth-order valence-electron chi connectivity index (χ4n) is 4.95. The minimum absolute atomic E-state index is 0.0470. The van der Waals surface area contributed by atoms with E-state index in [1.54, 1.807) is 0 Å². The van der Waals surface area contributed by atoms with Gasteiger partial charge >= 0.3 is 0 Å². The van der Waals surface area contributed by atoms with E-state index in [0.717, 1.165) is 23.3 Å². The van der Waals surface area contributed by atoms with Crippen LogP contribution in [0.2, 0.25) is 0 Å². The Labute approximate surface area is 212 Å². The molecule has 2 aromatic heterocycles. The van der Waals surface area contributed by atoms with E-state index < -0.39 is 0 Å². The van der Waals surface area contributed by atoms with Crippen LogP contribution < -0.4 is 5.32 Å². The van der Waals surface area contributed by atoms with E-state index in [-0.39, 0.29) is 17.7 Å². The standard InChI is InChI=1S/C32H31N3O/c1-24-18-20-35-30(23-34-31(35)21-24)29(27-15-9-4-10-16-27)22-32(36)33-19-17-28(25-11-5-2-6-12-25)26-13-7-3-8-14-26/h2-16,18,20-21,23,28-29H,17,19,22H2,1H3,(H,33,36). The van der Waals surface area contributed by atoms with Gasteiger partial charge in [-0.3, -0.25) is 4.79 Å². The summed E-state index contributed by atoms with van der Waals surface area (Å²) in [4.78, 5) is 17.8. The second-order valence-electron chi connectivity index (χ2n) is 9.30. The van der Waals surface area contributed by atoms with Crippen LogP contribution in [0.25, 0.3) is 5.65 Å². The predicted molar refractivity (Wildman–Crippen MR) is 145 cm³/mol. The number of nitrogens with one attached hydrogen (secondary N) is 1. The monoisotopic (exact) mass is 473 g/mol. The second-order valence-corrected chi connectivity index (χ2v) is 9.30. The largest absolute Gasteiger partial charge is 0.356 e. The Kier molecular flexibility index (Phi) is 7.23. The lowest BCUT2D eigenvalue weighted by molar-refractivity contribution is -0.121. The Balaban J connectivity index is 1.32. The van der Waals surface area contributed by atoms with Crippen molar-refractivity contribution in [1.82, 2.24) is 14.7 Å². The van der Waals surface area contributed by atoms with Crippen molar-refractivity contribution in [3.8, 4) is 0 Å². The van der Waals surface area contributed by atoms with Crippen molar-refractivity contribution < 1.29 is 4.79 Å². The first-order valence-electron chi connectivity index (χ1n) is 12.5. The first kappa shape index (κ1) is 23.6. The summed E-state index contributed by atoms with van der Waals surface area (Å²) in [7, 11) is 0. The number of carbonyl (C=O) groups is 1. The topological polar surface area (TPSA) is 46.4 Å². The zero-order valence-electron chi connectivity index (χ0n) is 20.5. The molecule has 0 aliphatic carbocycles. The van der Waals surface area contributed by atoms with Gasteiger partial charge in [-0.15, -0.1) is 0 Å². The van der Waals surface area contributed by atoms with Gasteiger partial charge in [0.2, 0.25) is 5.91 Å². The van der Waals surface area contributed by atoms with Crippen molar-refractivity contribution >= 4 is 11.6 Å². The molecule has 5 rings (SSSR count). The molecule has 0 radical (unpaired) electrons. The molecule has 1 atom stereocenters. The van der Waals surface area contributed by atoms with Crippen molar-refractivity contribution in [3.63, 3.8) is 0 Å². The molecule has 0 saturated heterocycles. The van der Waals surface area contributed by atoms with Crippen LogP contribution in [-0.4, -0.2) is 21.8 Å². The van der Waals surface area contributed by atoms with Crippen LogP contribution in [0, 0.1) is 6.92 Å². The van der Waals surface area contributed by atoms with Crippen LogP contribution in [0.5, 0.6) is 0 Å². The lowest BCUT2D eigenvalue weighted by Gasteiger charge is -2.20. The Morgan fingerprint density at radius 1 is 0.806 bits per heavy atom. The van der Waals surface area contributed by atoms with E-state index in [1.165, 1.54) is 16.7 Å². The maximum Gasteiger partial charge on any atom is 0.221 e. The molecule has 3 aromatic carbocycles. The van der Waals surface area contributed by atoms with E-state index in [9.17, 15) is 4.79 Å². The Morgan fingerprint density at radius 2 is 1.36 bits per heavy atom. The number of benzene rings is 3. The zero-order valence-corrected chi connectivity index (χ0v) is 20.5. The third-order valence-corrected chi connectivity index (χ3v) is 6.80. The van der Waals surface area contributed by atoms with Crippen molar-refractivity contribution in [2.45, 2.75) is 31.6 Å². The van der Waals surface area contributed by atoms with Gasteiger partial charge in [-0.2, -0.15) is 0 Å². The Hall–Kier alpha value is -4.18. The highest BCUT2D eigenvalue weighted by molar-refractivity contribution is 5.77. The van der Waals surface area contributed by atoms with Gasteiger partial charge in [-0.05, 0) is 47.7 Å². The number of nitrogens with zero attached hydrogens (tertiary/aromatic N) is 2.